The van der Waals surface area contributed by atoms with E-state index in [0.717, 1.165) is 17.5 Å². The smallest absolute Gasteiger partial charge is 0.312 e. The minimum atomic E-state index is -0.709. The fraction of sp³-hybridized carbons (Fsp3) is 0.318. The van der Waals surface area contributed by atoms with Gasteiger partial charge in [0.2, 0.25) is 5.91 Å². The maximum Gasteiger partial charge on any atom is 0.312 e. The van der Waals surface area contributed by atoms with Crippen LogP contribution in [0, 0.1) is 6.92 Å². The van der Waals surface area contributed by atoms with Crippen LogP contribution in [0.2, 0.25) is 0 Å². The Bertz CT molecular complexity index is 882. The molecule has 154 valence electrons. The summed E-state index contributed by atoms with van der Waals surface area (Å²) in [5.74, 6) is -0.586. The number of hydrogen-bond acceptors (Lipinski definition) is 3. The van der Waals surface area contributed by atoms with E-state index in [1.807, 2.05) is 45.0 Å². The highest BCUT2D eigenvalue weighted by Gasteiger charge is 2.21. The molecule has 29 heavy (non-hydrogen) atoms. The molecule has 2 aromatic rings. The lowest BCUT2D eigenvalue weighted by atomic mass is 9.98. The van der Waals surface area contributed by atoms with Crippen LogP contribution in [0.25, 0.3) is 0 Å². The van der Waals surface area contributed by atoms with E-state index < -0.39 is 12.1 Å². The average Bonchev–Trinajstić information content (AvgIpc) is 2.67. The third-order valence-corrected chi connectivity index (χ3v) is 4.71. The molecule has 0 fully saturated rings. The molecule has 0 aliphatic rings. The summed E-state index contributed by atoms with van der Waals surface area (Å²) >= 11 is 0. The van der Waals surface area contributed by atoms with Gasteiger partial charge >= 0.3 is 6.03 Å². The zero-order valence-corrected chi connectivity index (χ0v) is 17.0. The second-order valence-corrected chi connectivity index (χ2v) is 7.00. The molecule has 4 amide bonds. The Morgan fingerprint density at radius 1 is 1.00 bits per heavy atom. The number of carbonyl (C=O) groups excluding carboxylic acids is 3. The molecule has 0 aliphatic carbocycles. The van der Waals surface area contributed by atoms with Crippen molar-refractivity contribution in [3.63, 3.8) is 0 Å². The molecule has 0 heterocycles. The third kappa shape index (κ3) is 6.34. The van der Waals surface area contributed by atoms with Crippen molar-refractivity contribution in [2.75, 3.05) is 5.32 Å². The van der Waals surface area contributed by atoms with Crippen molar-refractivity contribution < 1.29 is 14.4 Å². The van der Waals surface area contributed by atoms with Crippen molar-refractivity contribution in [2.24, 2.45) is 5.73 Å². The van der Waals surface area contributed by atoms with E-state index in [9.17, 15) is 14.4 Å². The van der Waals surface area contributed by atoms with Gasteiger partial charge in [0.1, 0.15) is 0 Å². The summed E-state index contributed by atoms with van der Waals surface area (Å²) in [5.41, 5.74) is 7.85. The first kappa shape index (κ1) is 21.9. The molecular weight excluding hydrogens is 368 g/mol. The first-order valence-electron chi connectivity index (χ1n) is 9.63. The van der Waals surface area contributed by atoms with Gasteiger partial charge in [0.05, 0.1) is 23.7 Å². The topological polar surface area (TPSA) is 113 Å². The Morgan fingerprint density at radius 3 is 2.31 bits per heavy atom. The van der Waals surface area contributed by atoms with E-state index in [4.69, 9.17) is 5.73 Å². The lowest BCUT2D eigenvalue weighted by Crippen LogP contribution is -2.36. The number of hydrogen-bond donors (Lipinski definition) is 4. The van der Waals surface area contributed by atoms with Crippen molar-refractivity contribution in [3.05, 3.63) is 65.2 Å². The second-order valence-electron chi connectivity index (χ2n) is 7.00. The van der Waals surface area contributed by atoms with Gasteiger partial charge in [-0.3, -0.25) is 9.59 Å². The van der Waals surface area contributed by atoms with E-state index in [1.54, 1.807) is 24.3 Å². The van der Waals surface area contributed by atoms with Crippen LogP contribution >= 0.6 is 0 Å². The maximum absolute atomic E-state index is 12.7. The maximum atomic E-state index is 12.7. The van der Waals surface area contributed by atoms with Crippen LogP contribution < -0.4 is 21.7 Å². The van der Waals surface area contributed by atoms with Crippen LogP contribution in [0.5, 0.6) is 0 Å². The predicted molar refractivity (Wildman–Crippen MR) is 114 cm³/mol. The fourth-order valence-electron chi connectivity index (χ4n) is 2.97. The molecule has 7 nitrogen and oxygen atoms in total. The Morgan fingerprint density at radius 2 is 1.66 bits per heavy atom. The molecule has 0 saturated heterocycles. The van der Waals surface area contributed by atoms with E-state index in [0.29, 0.717) is 11.3 Å². The number of primary amides is 1. The number of carbonyl (C=O) groups is 3. The van der Waals surface area contributed by atoms with Gasteiger partial charge in [-0.1, -0.05) is 43.3 Å². The molecule has 0 aromatic heterocycles. The summed E-state index contributed by atoms with van der Waals surface area (Å²) in [6, 6.07) is 13.0. The van der Waals surface area contributed by atoms with E-state index in [1.165, 1.54) is 0 Å². The van der Waals surface area contributed by atoms with Crippen molar-refractivity contribution in [1.29, 1.82) is 0 Å². The molecule has 7 heteroatoms. The number of para-hydroxylation sites is 1. The molecule has 2 rings (SSSR count). The molecular formula is C22H28N4O3. The number of nitrogens with one attached hydrogen (secondary N) is 3. The molecule has 0 aliphatic heterocycles. The minimum absolute atomic E-state index is 0.0187. The number of rotatable bonds is 8. The lowest BCUT2D eigenvalue weighted by molar-refractivity contribution is -0.116. The standard InChI is InChI=1S/C22H28N4O3/c1-4-15(3)24-21(28)17-11-7-8-12-18(17)25-20(27)13-19(26-22(23)29)16-10-6-5-9-14(16)2/h5-12,15,19H,4,13H2,1-3H3,(H,24,28)(H,25,27)(H3,23,26,29). The van der Waals surface area contributed by atoms with Crippen LogP contribution in [0.4, 0.5) is 10.5 Å². The Kier molecular flexibility index (Phi) is 7.77. The summed E-state index contributed by atoms with van der Waals surface area (Å²) in [6.07, 6.45) is 0.784. The molecule has 5 N–H and O–H groups in total. The van der Waals surface area contributed by atoms with E-state index in [-0.39, 0.29) is 24.3 Å². The van der Waals surface area contributed by atoms with Crippen molar-refractivity contribution >= 4 is 23.5 Å². The second kappa shape index (κ2) is 10.3. The van der Waals surface area contributed by atoms with Gasteiger partial charge in [0.25, 0.3) is 5.91 Å². The highest BCUT2D eigenvalue weighted by Crippen LogP contribution is 2.22. The van der Waals surface area contributed by atoms with Gasteiger partial charge in [-0.25, -0.2) is 4.79 Å². The van der Waals surface area contributed by atoms with E-state index >= 15 is 0 Å². The first-order chi connectivity index (χ1) is 13.8. The number of nitrogens with two attached hydrogens (primary N) is 1. The number of aryl methyl sites for hydroxylation is 1. The lowest BCUT2D eigenvalue weighted by Gasteiger charge is -2.20. The minimum Gasteiger partial charge on any atom is -0.352 e. The van der Waals surface area contributed by atoms with Crippen LogP contribution in [0.3, 0.4) is 0 Å². The Balaban J connectivity index is 2.17. The highest BCUT2D eigenvalue weighted by atomic mass is 16.2. The Hall–Kier alpha value is -3.35. The van der Waals surface area contributed by atoms with E-state index in [2.05, 4.69) is 16.0 Å². The summed E-state index contributed by atoms with van der Waals surface area (Å²) < 4.78 is 0. The van der Waals surface area contributed by atoms with Gasteiger partial charge in [0.15, 0.2) is 0 Å². The van der Waals surface area contributed by atoms with Gasteiger partial charge in [-0.15, -0.1) is 0 Å². The fourth-order valence-corrected chi connectivity index (χ4v) is 2.97. The van der Waals surface area contributed by atoms with Gasteiger partial charge in [-0.05, 0) is 43.5 Å². The molecule has 2 unspecified atom stereocenters. The molecule has 0 spiro atoms. The molecule has 0 saturated carbocycles. The number of urea groups is 1. The molecule has 2 atom stereocenters. The van der Waals surface area contributed by atoms with Gasteiger partial charge in [-0.2, -0.15) is 0 Å². The number of benzene rings is 2. The first-order valence-corrected chi connectivity index (χ1v) is 9.63. The normalized spacial score (nSPS) is 12.5. The van der Waals surface area contributed by atoms with Crippen LogP contribution in [-0.4, -0.2) is 23.9 Å². The zero-order chi connectivity index (χ0) is 21.4. The molecule has 0 bridgehead atoms. The largest absolute Gasteiger partial charge is 0.352 e. The van der Waals surface area contributed by atoms with Gasteiger partial charge in [0, 0.05) is 6.04 Å². The quantitative estimate of drug-likeness (QED) is 0.549. The van der Waals surface area contributed by atoms with Crippen LogP contribution in [0.1, 0.15) is 54.2 Å². The molecule has 0 radical (unpaired) electrons. The Labute approximate surface area is 171 Å². The molecule has 2 aromatic carbocycles. The van der Waals surface area contributed by atoms with Crippen molar-refractivity contribution in [2.45, 2.75) is 45.7 Å². The zero-order valence-electron chi connectivity index (χ0n) is 17.0. The number of amides is 4. The average molecular weight is 396 g/mol. The summed E-state index contributed by atoms with van der Waals surface area (Å²) in [7, 11) is 0. The van der Waals surface area contributed by atoms with Crippen LogP contribution in [-0.2, 0) is 4.79 Å². The SMILES string of the molecule is CCC(C)NC(=O)c1ccccc1NC(=O)CC(NC(N)=O)c1ccccc1C. The van der Waals surface area contributed by atoms with Gasteiger partial charge < -0.3 is 21.7 Å². The monoisotopic (exact) mass is 396 g/mol. The van der Waals surface area contributed by atoms with Crippen LogP contribution in [0.15, 0.2) is 48.5 Å². The summed E-state index contributed by atoms with van der Waals surface area (Å²) in [5, 5.41) is 8.30. The third-order valence-electron chi connectivity index (χ3n) is 4.71. The summed E-state index contributed by atoms with van der Waals surface area (Å²) in [6.45, 7) is 5.80. The summed E-state index contributed by atoms with van der Waals surface area (Å²) in [4.78, 5) is 36.7. The predicted octanol–water partition coefficient (Wildman–Crippen LogP) is 3.26. The van der Waals surface area contributed by atoms with Crippen molar-refractivity contribution in [3.8, 4) is 0 Å². The number of anilines is 1. The van der Waals surface area contributed by atoms with Crippen molar-refractivity contribution in [1.82, 2.24) is 10.6 Å². The highest BCUT2D eigenvalue weighted by molar-refractivity contribution is 6.04.